The van der Waals surface area contributed by atoms with Crippen molar-refractivity contribution < 1.29 is 14.7 Å². The van der Waals surface area contributed by atoms with E-state index in [1.807, 2.05) is 25.7 Å². The predicted molar refractivity (Wildman–Crippen MR) is 119 cm³/mol. The van der Waals surface area contributed by atoms with Crippen LogP contribution in [0.25, 0.3) is 0 Å². The van der Waals surface area contributed by atoms with Crippen LogP contribution in [0.15, 0.2) is 0 Å². The Morgan fingerprint density at radius 1 is 1.16 bits per heavy atom. The first-order valence-corrected chi connectivity index (χ1v) is 8.33. The SMILES string of the molecule is CC(C)C[C@H](C)[C@@H](C(=O)NC(C)(C)C)N1CCC[C@H]1C(=O)O.S.S.S. The predicted octanol–water partition coefficient (Wildman–Crippen LogP) is 2.84. The molecule has 1 saturated heterocycles. The number of hydrogen-bond acceptors (Lipinski definition) is 3. The smallest absolute Gasteiger partial charge is 0.320 e. The zero-order valence-electron chi connectivity index (χ0n) is 16.3. The summed E-state index contributed by atoms with van der Waals surface area (Å²) in [5.41, 5.74) is -0.314. The molecule has 1 aliphatic rings. The van der Waals surface area contributed by atoms with Gasteiger partial charge in [-0.15, -0.1) is 0 Å². The molecule has 0 aliphatic carbocycles. The van der Waals surface area contributed by atoms with E-state index >= 15 is 0 Å². The van der Waals surface area contributed by atoms with Crippen molar-refractivity contribution in [2.75, 3.05) is 6.54 Å². The molecule has 25 heavy (non-hydrogen) atoms. The molecule has 1 aliphatic heterocycles. The summed E-state index contributed by atoms with van der Waals surface area (Å²) in [7, 11) is 0. The lowest BCUT2D eigenvalue weighted by Crippen LogP contribution is -2.57. The maximum absolute atomic E-state index is 12.8. The lowest BCUT2D eigenvalue weighted by atomic mass is 9.89. The fourth-order valence-corrected chi connectivity index (χ4v) is 3.44. The van der Waals surface area contributed by atoms with Crippen molar-refractivity contribution in [1.29, 1.82) is 0 Å². The van der Waals surface area contributed by atoms with Crippen LogP contribution >= 0.6 is 40.5 Å². The number of nitrogens with zero attached hydrogens (tertiary/aromatic N) is 1. The lowest BCUT2D eigenvalue weighted by Gasteiger charge is -2.36. The van der Waals surface area contributed by atoms with E-state index in [1.54, 1.807) is 0 Å². The number of rotatable bonds is 6. The fraction of sp³-hybridized carbons (Fsp3) is 0.882. The van der Waals surface area contributed by atoms with Crippen molar-refractivity contribution in [3.8, 4) is 0 Å². The third kappa shape index (κ3) is 9.45. The Hall–Kier alpha value is -0.0500. The Labute approximate surface area is 174 Å². The van der Waals surface area contributed by atoms with E-state index in [1.165, 1.54) is 0 Å². The highest BCUT2D eigenvalue weighted by Gasteiger charge is 2.41. The highest BCUT2D eigenvalue weighted by molar-refractivity contribution is 7.59. The van der Waals surface area contributed by atoms with Crippen LogP contribution in [-0.4, -0.2) is 46.1 Å². The van der Waals surface area contributed by atoms with Crippen molar-refractivity contribution in [1.82, 2.24) is 10.2 Å². The number of carbonyl (C=O) groups excluding carboxylic acids is 1. The normalized spacial score (nSPS) is 19.9. The molecule has 0 bridgehead atoms. The van der Waals surface area contributed by atoms with Gasteiger partial charge >= 0.3 is 5.97 Å². The van der Waals surface area contributed by atoms with E-state index in [4.69, 9.17) is 0 Å². The number of carbonyl (C=O) groups is 2. The van der Waals surface area contributed by atoms with Gasteiger partial charge in [-0.2, -0.15) is 40.5 Å². The first-order valence-electron chi connectivity index (χ1n) is 8.33. The van der Waals surface area contributed by atoms with Crippen LogP contribution in [0, 0.1) is 11.8 Å². The minimum absolute atomic E-state index is 0. The average molecular weight is 415 g/mol. The van der Waals surface area contributed by atoms with Gasteiger partial charge in [0.2, 0.25) is 5.91 Å². The largest absolute Gasteiger partial charge is 0.480 e. The molecule has 0 spiro atoms. The van der Waals surface area contributed by atoms with E-state index in [0.29, 0.717) is 18.9 Å². The van der Waals surface area contributed by atoms with Gasteiger partial charge in [-0.05, 0) is 58.4 Å². The van der Waals surface area contributed by atoms with Crippen LogP contribution < -0.4 is 5.32 Å². The minimum atomic E-state index is -0.817. The van der Waals surface area contributed by atoms with Gasteiger partial charge in [0.15, 0.2) is 0 Å². The standard InChI is InChI=1S/C17H32N2O3.3H2S/c1-11(2)10-12(3)14(15(20)18-17(4,5)6)19-9-7-8-13(19)16(21)22;;;/h11-14H,7-10H2,1-6H3,(H,18,20)(H,21,22);3*1H2/t12-,13-,14-;;;/m0.../s1. The zero-order valence-corrected chi connectivity index (χ0v) is 19.3. The Balaban J connectivity index is -0.00000161. The van der Waals surface area contributed by atoms with E-state index in [0.717, 1.165) is 12.8 Å². The van der Waals surface area contributed by atoms with Gasteiger partial charge in [0, 0.05) is 5.54 Å². The monoisotopic (exact) mass is 414 g/mol. The van der Waals surface area contributed by atoms with Crippen LogP contribution in [0.5, 0.6) is 0 Å². The third-order valence-electron chi connectivity index (χ3n) is 4.09. The van der Waals surface area contributed by atoms with E-state index < -0.39 is 12.0 Å². The second-order valence-corrected chi connectivity index (χ2v) is 8.03. The summed E-state index contributed by atoms with van der Waals surface area (Å²) in [6, 6.07) is -0.907. The molecular formula is C17H38N2O3S3. The second kappa shape index (κ2) is 12.4. The van der Waals surface area contributed by atoms with Crippen molar-refractivity contribution in [3.63, 3.8) is 0 Å². The summed E-state index contributed by atoms with van der Waals surface area (Å²) in [4.78, 5) is 26.2. The molecule has 5 nitrogen and oxygen atoms in total. The summed E-state index contributed by atoms with van der Waals surface area (Å²) < 4.78 is 0. The van der Waals surface area contributed by atoms with Gasteiger partial charge in [-0.25, -0.2) is 0 Å². The topological polar surface area (TPSA) is 69.6 Å². The van der Waals surface area contributed by atoms with Crippen molar-refractivity contribution in [3.05, 3.63) is 0 Å². The highest BCUT2D eigenvalue weighted by Crippen LogP contribution is 2.28. The number of likely N-dealkylation sites (tertiary alicyclic amines) is 1. The molecule has 0 radical (unpaired) electrons. The van der Waals surface area contributed by atoms with E-state index in [9.17, 15) is 14.7 Å². The summed E-state index contributed by atoms with van der Waals surface area (Å²) in [6.45, 7) is 12.9. The van der Waals surface area contributed by atoms with Gasteiger partial charge in [0.1, 0.15) is 6.04 Å². The van der Waals surface area contributed by atoms with Gasteiger partial charge in [-0.3, -0.25) is 14.5 Å². The molecule has 0 unspecified atom stereocenters. The maximum Gasteiger partial charge on any atom is 0.320 e. The Kier molecular flexibility index (Phi) is 14.7. The molecule has 8 heteroatoms. The van der Waals surface area contributed by atoms with Crippen molar-refractivity contribution in [2.24, 2.45) is 11.8 Å². The molecular weight excluding hydrogens is 376 g/mol. The molecule has 2 N–H and O–H groups in total. The van der Waals surface area contributed by atoms with E-state index in [2.05, 4.69) is 26.1 Å². The van der Waals surface area contributed by atoms with Crippen molar-refractivity contribution >= 4 is 52.4 Å². The molecule has 1 amide bonds. The van der Waals surface area contributed by atoms with Crippen LogP contribution in [0.3, 0.4) is 0 Å². The van der Waals surface area contributed by atoms with Gasteiger partial charge in [-0.1, -0.05) is 20.8 Å². The average Bonchev–Trinajstić information content (AvgIpc) is 2.74. The first-order chi connectivity index (χ1) is 10.0. The van der Waals surface area contributed by atoms with Crippen LogP contribution in [0.4, 0.5) is 0 Å². The number of aliphatic carboxylic acids is 1. The molecule has 0 aromatic heterocycles. The Bertz CT molecular complexity index is 414. The molecule has 1 fully saturated rings. The lowest BCUT2D eigenvalue weighted by molar-refractivity contribution is -0.145. The van der Waals surface area contributed by atoms with Crippen molar-refractivity contribution in [2.45, 2.75) is 78.4 Å². The summed E-state index contributed by atoms with van der Waals surface area (Å²) in [5.74, 6) is -0.260. The molecule has 1 heterocycles. The first kappa shape index (κ1) is 29.7. The highest BCUT2D eigenvalue weighted by atomic mass is 32.1. The van der Waals surface area contributed by atoms with E-state index in [-0.39, 0.29) is 63.9 Å². The zero-order chi connectivity index (χ0) is 17.1. The quantitative estimate of drug-likeness (QED) is 0.701. The van der Waals surface area contributed by atoms with Gasteiger partial charge in [0.25, 0.3) is 0 Å². The molecule has 152 valence electrons. The number of carboxylic acid groups (broad SMARTS) is 1. The second-order valence-electron chi connectivity index (χ2n) is 8.03. The maximum atomic E-state index is 12.8. The number of amides is 1. The van der Waals surface area contributed by atoms with Crippen LogP contribution in [0.2, 0.25) is 0 Å². The minimum Gasteiger partial charge on any atom is -0.480 e. The Morgan fingerprint density at radius 2 is 1.68 bits per heavy atom. The third-order valence-corrected chi connectivity index (χ3v) is 4.09. The summed E-state index contributed by atoms with van der Waals surface area (Å²) in [5, 5.41) is 12.5. The molecule has 0 aromatic carbocycles. The molecule has 3 atom stereocenters. The molecule has 0 saturated carbocycles. The molecule has 1 rings (SSSR count). The number of carboxylic acids is 1. The summed E-state index contributed by atoms with van der Waals surface area (Å²) in [6.07, 6.45) is 2.37. The molecule has 0 aromatic rings. The van der Waals surface area contributed by atoms with Crippen LogP contribution in [0.1, 0.15) is 60.8 Å². The summed E-state index contributed by atoms with van der Waals surface area (Å²) >= 11 is 0. The Morgan fingerprint density at radius 3 is 2.08 bits per heavy atom. The van der Waals surface area contributed by atoms with Crippen LogP contribution in [-0.2, 0) is 9.59 Å². The van der Waals surface area contributed by atoms with Gasteiger partial charge < -0.3 is 10.4 Å². The van der Waals surface area contributed by atoms with Gasteiger partial charge in [0.05, 0.1) is 6.04 Å². The fourth-order valence-electron chi connectivity index (χ4n) is 3.44. The number of hydrogen-bond donors (Lipinski definition) is 2. The number of nitrogens with one attached hydrogen (secondary N) is 1.